The lowest BCUT2D eigenvalue weighted by atomic mass is 10.1. The van der Waals surface area contributed by atoms with Crippen molar-refractivity contribution in [2.24, 2.45) is 0 Å². The van der Waals surface area contributed by atoms with Gasteiger partial charge in [-0.2, -0.15) is 10.4 Å². The lowest BCUT2D eigenvalue weighted by Gasteiger charge is -2.23. The maximum atomic E-state index is 9.65. The Balaban J connectivity index is 1.32. The molecular weight excluding hydrogens is 418 g/mol. The Hall–Kier alpha value is -4.29. The van der Waals surface area contributed by atoms with Crippen LogP contribution < -0.4 is 10.1 Å². The van der Waals surface area contributed by atoms with Crippen LogP contribution in [0.2, 0.25) is 0 Å². The number of rotatable bonds is 6. The quantitative estimate of drug-likeness (QED) is 0.460. The summed E-state index contributed by atoms with van der Waals surface area (Å²) in [6.07, 6.45) is 8.62. The molecule has 33 heavy (non-hydrogen) atoms. The number of nitrogens with one attached hydrogen (secondary N) is 2. The molecule has 4 aromatic rings. The minimum Gasteiger partial charge on any atom is -0.489 e. The third-order valence-electron chi connectivity index (χ3n) is 5.33. The Morgan fingerprint density at radius 3 is 2.70 bits per heavy atom. The number of nitrogens with zero attached hydrogens (tertiary/aromatic N) is 5. The Bertz CT molecular complexity index is 1260. The van der Waals surface area contributed by atoms with Crippen LogP contribution in [0.25, 0.3) is 22.5 Å². The summed E-state index contributed by atoms with van der Waals surface area (Å²) in [7, 11) is 0. The molecule has 1 aliphatic heterocycles. The maximum Gasteiger partial charge on any atom is 0.227 e. The Labute approximate surface area is 190 Å². The molecule has 2 N–H and O–H groups in total. The average Bonchev–Trinajstić information content (AvgIpc) is 3.41. The van der Waals surface area contributed by atoms with E-state index in [2.05, 4.69) is 36.5 Å². The van der Waals surface area contributed by atoms with Gasteiger partial charge in [-0.1, -0.05) is 0 Å². The Morgan fingerprint density at radius 1 is 1.03 bits per heavy atom. The second kappa shape index (κ2) is 9.46. The highest BCUT2D eigenvalue weighted by Crippen LogP contribution is 2.28. The zero-order valence-electron chi connectivity index (χ0n) is 17.7. The van der Waals surface area contributed by atoms with Crippen molar-refractivity contribution >= 4 is 11.6 Å². The predicted octanol–water partition coefficient (Wildman–Crippen LogP) is 4.10. The van der Waals surface area contributed by atoms with E-state index in [1.807, 2.05) is 24.3 Å². The van der Waals surface area contributed by atoms with Crippen molar-refractivity contribution in [1.82, 2.24) is 25.1 Å². The van der Waals surface area contributed by atoms with Crippen LogP contribution in [-0.4, -0.2) is 44.5 Å². The molecule has 0 spiro atoms. The van der Waals surface area contributed by atoms with E-state index >= 15 is 0 Å². The molecule has 0 bridgehead atoms. The van der Waals surface area contributed by atoms with E-state index in [9.17, 15) is 5.26 Å². The number of ether oxygens (including phenoxy) is 2. The van der Waals surface area contributed by atoms with Gasteiger partial charge in [-0.3, -0.25) is 10.1 Å². The van der Waals surface area contributed by atoms with Crippen LogP contribution >= 0.6 is 0 Å². The first-order valence-corrected chi connectivity index (χ1v) is 10.6. The van der Waals surface area contributed by atoms with Crippen LogP contribution in [0.1, 0.15) is 18.4 Å². The number of H-pyrrole nitrogens is 1. The minimum absolute atomic E-state index is 0.0695. The summed E-state index contributed by atoms with van der Waals surface area (Å²) in [4.78, 5) is 13.3. The third-order valence-corrected chi connectivity index (χ3v) is 5.33. The molecular formula is C24H21N7O2. The molecule has 164 valence electrons. The molecule has 0 unspecified atom stereocenters. The monoisotopic (exact) mass is 439 g/mol. The van der Waals surface area contributed by atoms with Gasteiger partial charge < -0.3 is 14.8 Å². The molecule has 0 saturated carbocycles. The van der Waals surface area contributed by atoms with Gasteiger partial charge in [0.1, 0.15) is 17.9 Å². The van der Waals surface area contributed by atoms with Gasteiger partial charge in [0.25, 0.3) is 0 Å². The lowest BCUT2D eigenvalue weighted by Crippen LogP contribution is -2.26. The second-order valence-corrected chi connectivity index (χ2v) is 7.56. The summed E-state index contributed by atoms with van der Waals surface area (Å²) >= 11 is 0. The number of benzene rings is 1. The first-order chi connectivity index (χ1) is 16.3. The first kappa shape index (κ1) is 20.6. The Morgan fingerprint density at radius 2 is 1.94 bits per heavy atom. The van der Waals surface area contributed by atoms with Crippen molar-refractivity contribution in [1.29, 1.82) is 5.26 Å². The van der Waals surface area contributed by atoms with Crippen LogP contribution in [0, 0.1) is 11.3 Å². The largest absolute Gasteiger partial charge is 0.489 e. The van der Waals surface area contributed by atoms with Gasteiger partial charge in [-0.05, 0) is 36.4 Å². The van der Waals surface area contributed by atoms with E-state index in [0.717, 1.165) is 35.3 Å². The standard InChI is InChI=1S/C24H21N7O2/c25-12-17-11-16(1-4-23(17)33-20-6-9-32-10-7-20)22-5-8-26-24(31-22)30-19-2-3-21(27-15-19)18-13-28-29-14-18/h1-5,8,11,13-15,20H,6-7,9-10H2,(H,28,29)(H,26,30,31). The van der Waals surface area contributed by atoms with Gasteiger partial charge in [-0.15, -0.1) is 0 Å². The molecule has 0 atom stereocenters. The highest BCUT2D eigenvalue weighted by atomic mass is 16.5. The molecule has 1 saturated heterocycles. The van der Waals surface area contributed by atoms with Gasteiger partial charge in [0.2, 0.25) is 5.95 Å². The lowest BCUT2D eigenvalue weighted by molar-refractivity contribution is 0.0254. The van der Waals surface area contributed by atoms with Crippen molar-refractivity contribution < 1.29 is 9.47 Å². The van der Waals surface area contributed by atoms with Crippen LogP contribution in [0.15, 0.2) is 61.2 Å². The van der Waals surface area contributed by atoms with Gasteiger partial charge in [-0.25, -0.2) is 9.97 Å². The van der Waals surface area contributed by atoms with E-state index in [-0.39, 0.29) is 6.10 Å². The van der Waals surface area contributed by atoms with E-state index in [4.69, 9.17) is 9.47 Å². The number of aromatic nitrogens is 5. The van der Waals surface area contributed by atoms with Crippen molar-refractivity contribution in [3.63, 3.8) is 0 Å². The van der Waals surface area contributed by atoms with E-state index in [1.165, 1.54) is 0 Å². The highest BCUT2D eigenvalue weighted by molar-refractivity contribution is 5.66. The van der Waals surface area contributed by atoms with Crippen molar-refractivity contribution in [3.8, 4) is 34.3 Å². The number of anilines is 2. The van der Waals surface area contributed by atoms with Crippen molar-refractivity contribution in [2.75, 3.05) is 18.5 Å². The number of pyridine rings is 1. The summed E-state index contributed by atoms with van der Waals surface area (Å²) in [5.74, 6) is 1.02. The number of aromatic amines is 1. The average molecular weight is 439 g/mol. The normalized spacial score (nSPS) is 13.9. The van der Waals surface area contributed by atoms with Crippen molar-refractivity contribution in [3.05, 3.63) is 66.7 Å². The summed E-state index contributed by atoms with van der Waals surface area (Å²) in [6.45, 7) is 1.37. The molecule has 0 aliphatic carbocycles. The van der Waals surface area contributed by atoms with Gasteiger partial charge in [0, 0.05) is 36.4 Å². The topological polar surface area (TPSA) is 122 Å². The SMILES string of the molecule is N#Cc1cc(-c2ccnc(Nc3ccc(-c4cn[nH]c4)nc3)n2)ccc1OC1CCOCC1. The maximum absolute atomic E-state index is 9.65. The van der Waals surface area contributed by atoms with Crippen LogP contribution in [0.3, 0.4) is 0 Å². The molecule has 9 heteroatoms. The third kappa shape index (κ3) is 4.81. The van der Waals surface area contributed by atoms with Crippen LogP contribution in [-0.2, 0) is 4.74 Å². The van der Waals surface area contributed by atoms with E-state index < -0.39 is 0 Å². The molecule has 0 radical (unpaired) electrons. The number of hydrogen-bond acceptors (Lipinski definition) is 8. The molecule has 9 nitrogen and oxygen atoms in total. The van der Waals surface area contributed by atoms with Gasteiger partial charge in [0.15, 0.2) is 0 Å². The molecule has 0 amide bonds. The predicted molar refractivity (Wildman–Crippen MR) is 122 cm³/mol. The van der Waals surface area contributed by atoms with E-state index in [1.54, 1.807) is 36.9 Å². The fourth-order valence-electron chi connectivity index (χ4n) is 3.59. The molecule has 1 aromatic carbocycles. The smallest absolute Gasteiger partial charge is 0.227 e. The van der Waals surface area contributed by atoms with E-state index in [0.29, 0.717) is 36.2 Å². The summed E-state index contributed by atoms with van der Waals surface area (Å²) in [6, 6.07) is 13.4. The van der Waals surface area contributed by atoms with Gasteiger partial charge in [0.05, 0.1) is 48.2 Å². The fourth-order valence-corrected chi connectivity index (χ4v) is 3.59. The summed E-state index contributed by atoms with van der Waals surface area (Å²) in [5, 5.41) is 19.5. The van der Waals surface area contributed by atoms with Crippen molar-refractivity contribution in [2.45, 2.75) is 18.9 Å². The molecule has 1 fully saturated rings. The molecule has 1 aliphatic rings. The highest BCUT2D eigenvalue weighted by Gasteiger charge is 2.17. The zero-order chi connectivity index (χ0) is 22.5. The first-order valence-electron chi connectivity index (χ1n) is 10.6. The van der Waals surface area contributed by atoms with Crippen LogP contribution in [0.4, 0.5) is 11.6 Å². The summed E-state index contributed by atoms with van der Waals surface area (Å²) in [5.41, 5.74) is 4.48. The molecule has 5 rings (SSSR count). The number of hydrogen-bond donors (Lipinski definition) is 2. The second-order valence-electron chi connectivity index (χ2n) is 7.56. The Kier molecular flexibility index (Phi) is 5.91. The molecule has 3 aromatic heterocycles. The fraction of sp³-hybridized carbons (Fsp3) is 0.208. The number of nitriles is 1. The summed E-state index contributed by atoms with van der Waals surface area (Å²) < 4.78 is 11.4. The minimum atomic E-state index is 0.0695. The zero-order valence-corrected chi connectivity index (χ0v) is 17.7. The van der Waals surface area contributed by atoms with Crippen LogP contribution in [0.5, 0.6) is 5.75 Å². The van der Waals surface area contributed by atoms with Gasteiger partial charge >= 0.3 is 0 Å². The molecule has 4 heterocycles.